The van der Waals surface area contributed by atoms with Crippen LogP contribution in [0.2, 0.25) is 0 Å². The Morgan fingerprint density at radius 2 is 1.92 bits per heavy atom. The van der Waals surface area contributed by atoms with Crippen molar-refractivity contribution in [3.05, 3.63) is 89.3 Å². The van der Waals surface area contributed by atoms with Crippen LogP contribution in [-0.2, 0) is 16.1 Å². The van der Waals surface area contributed by atoms with Crippen molar-refractivity contribution in [2.75, 3.05) is 19.8 Å². The molecular formula is C29H28N2O6. The molecule has 0 radical (unpaired) electrons. The number of aromatic nitrogens is 1. The number of nitrogens with zero attached hydrogens (tertiary/aromatic N) is 2. The predicted molar refractivity (Wildman–Crippen MR) is 136 cm³/mol. The van der Waals surface area contributed by atoms with Gasteiger partial charge in [0, 0.05) is 24.5 Å². The standard InChI is InChI=1S/C29H28N2O6/c1-2-3-12-35-22-8-4-7-20(15-22)26-25(27(32)21-9-10-23-24(16-21)37-14-13-36-23)28(33)29(34)31(26)18-19-6-5-11-30-17-19/h4-11,15-17,26,32H,2-3,12-14,18H2,1H3/b27-25+/t26-/m0/s1. The zero-order valence-corrected chi connectivity index (χ0v) is 20.6. The number of Topliss-reactive ketones (excluding diaryl/α,β-unsaturated/α-hetero) is 1. The van der Waals surface area contributed by atoms with Crippen LogP contribution in [0.4, 0.5) is 0 Å². The van der Waals surface area contributed by atoms with Crippen molar-refractivity contribution in [3.8, 4) is 17.2 Å². The Kier molecular flexibility index (Phi) is 7.07. The highest BCUT2D eigenvalue weighted by molar-refractivity contribution is 6.46. The molecule has 37 heavy (non-hydrogen) atoms. The van der Waals surface area contributed by atoms with Crippen LogP contribution in [0.1, 0.15) is 42.5 Å². The number of hydrogen-bond donors (Lipinski definition) is 1. The molecule has 0 bridgehead atoms. The van der Waals surface area contributed by atoms with Gasteiger partial charge in [-0.3, -0.25) is 14.6 Å². The van der Waals surface area contributed by atoms with Gasteiger partial charge in [-0.2, -0.15) is 0 Å². The SMILES string of the molecule is CCCCOc1cccc([C@H]2/C(=C(\O)c3ccc4c(c3)OCCO4)C(=O)C(=O)N2Cc2cccnc2)c1. The van der Waals surface area contributed by atoms with Crippen LogP contribution in [-0.4, -0.2) is 46.5 Å². The summed E-state index contributed by atoms with van der Waals surface area (Å²) in [4.78, 5) is 32.3. The summed E-state index contributed by atoms with van der Waals surface area (Å²) >= 11 is 0. The Labute approximate surface area is 215 Å². The number of carbonyl (C=O) groups is 2. The van der Waals surface area contributed by atoms with Crippen LogP contribution in [0.3, 0.4) is 0 Å². The van der Waals surface area contributed by atoms with E-state index in [2.05, 4.69) is 11.9 Å². The quantitative estimate of drug-likeness (QED) is 0.208. The second-order valence-electron chi connectivity index (χ2n) is 8.92. The number of benzene rings is 2. The zero-order chi connectivity index (χ0) is 25.8. The fourth-order valence-electron chi connectivity index (χ4n) is 4.53. The lowest BCUT2D eigenvalue weighted by molar-refractivity contribution is -0.140. The van der Waals surface area contributed by atoms with Gasteiger partial charge in [0.25, 0.3) is 11.7 Å². The number of ketones is 1. The number of ether oxygens (including phenoxy) is 3. The Hall–Kier alpha value is -4.33. The summed E-state index contributed by atoms with van der Waals surface area (Å²) in [6.07, 6.45) is 5.21. The molecule has 2 aliphatic rings. The molecule has 2 aliphatic heterocycles. The van der Waals surface area contributed by atoms with Crippen molar-refractivity contribution in [1.29, 1.82) is 0 Å². The maximum atomic E-state index is 13.4. The molecule has 8 heteroatoms. The van der Waals surface area contributed by atoms with E-state index in [0.29, 0.717) is 48.2 Å². The van der Waals surface area contributed by atoms with Gasteiger partial charge in [-0.25, -0.2) is 0 Å². The summed E-state index contributed by atoms with van der Waals surface area (Å²) in [5.74, 6) is -0.0385. The van der Waals surface area contributed by atoms with Gasteiger partial charge < -0.3 is 24.2 Å². The van der Waals surface area contributed by atoms with Gasteiger partial charge >= 0.3 is 0 Å². The van der Waals surface area contributed by atoms with Gasteiger partial charge in [-0.15, -0.1) is 0 Å². The van der Waals surface area contributed by atoms with Crippen molar-refractivity contribution < 1.29 is 28.9 Å². The summed E-state index contributed by atoms with van der Waals surface area (Å²) in [5.41, 5.74) is 1.81. The first kappa shape index (κ1) is 24.4. The number of hydrogen-bond acceptors (Lipinski definition) is 7. The van der Waals surface area contributed by atoms with Crippen LogP contribution < -0.4 is 14.2 Å². The van der Waals surface area contributed by atoms with Gasteiger partial charge in [0.15, 0.2) is 11.5 Å². The lowest BCUT2D eigenvalue weighted by atomic mass is 9.95. The van der Waals surface area contributed by atoms with Crippen molar-refractivity contribution in [2.24, 2.45) is 0 Å². The number of likely N-dealkylation sites (tertiary alicyclic amines) is 1. The van der Waals surface area contributed by atoms with E-state index in [-0.39, 0.29) is 17.9 Å². The summed E-state index contributed by atoms with van der Waals surface area (Å²) in [7, 11) is 0. The molecule has 1 N–H and O–H groups in total. The average molecular weight is 501 g/mol. The van der Waals surface area contributed by atoms with E-state index in [1.807, 2.05) is 30.3 Å². The second kappa shape index (κ2) is 10.7. The normalized spacial score (nSPS) is 18.2. The van der Waals surface area contributed by atoms with Crippen LogP contribution in [0.5, 0.6) is 17.2 Å². The lowest BCUT2D eigenvalue weighted by Crippen LogP contribution is -2.29. The molecule has 3 heterocycles. The molecule has 0 spiro atoms. The molecule has 3 aromatic rings. The molecule has 8 nitrogen and oxygen atoms in total. The maximum absolute atomic E-state index is 13.4. The summed E-state index contributed by atoms with van der Waals surface area (Å²) in [6.45, 7) is 3.63. The molecule has 190 valence electrons. The number of rotatable bonds is 8. The molecule has 1 fully saturated rings. The van der Waals surface area contributed by atoms with E-state index < -0.39 is 17.7 Å². The van der Waals surface area contributed by atoms with Gasteiger partial charge in [0.05, 0.1) is 18.2 Å². The first-order valence-corrected chi connectivity index (χ1v) is 12.4. The minimum Gasteiger partial charge on any atom is -0.507 e. The number of aliphatic hydroxyl groups is 1. The Morgan fingerprint density at radius 1 is 1.08 bits per heavy atom. The van der Waals surface area contributed by atoms with Crippen LogP contribution in [0.25, 0.3) is 5.76 Å². The van der Waals surface area contributed by atoms with Gasteiger partial charge in [0.2, 0.25) is 0 Å². The minimum atomic E-state index is -0.817. The average Bonchev–Trinajstić information content (AvgIpc) is 3.18. The molecule has 2 aromatic carbocycles. The highest BCUT2D eigenvalue weighted by Gasteiger charge is 2.46. The minimum absolute atomic E-state index is 0.0104. The smallest absolute Gasteiger partial charge is 0.295 e. The van der Waals surface area contributed by atoms with E-state index in [1.165, 1.54) is 4.90 Å². The van der Waals surface area contributed by atoms with E-state index in [0.717, 1.165) is 18.4 Å². The Morgan fingerprint density at radius 3 is 2.70 bits per heavy atom. The van der Waals surface area contributed by atoms with E-state index >= 15 is 0 Å². The lowest BCUT2D eigenvalue weighted by Gasteiger charge is -2.26. The molecule has 5 rings (SSSR count). The Balaban J connectivity index is 1.59. The summed E-state index contributed by atoms with van der Waals surface area (Å²) in [5, 5.41) is 11.4. The third-order valence-electron chi connectivity index (χ3n) is 6.37. The van der Waals surface area contributed by atoms with Crippen LogP contribution >= 0.6 is 0 Å². The maximum Gasteiger partial charge on any atom is 0.295 e. The first-order valence-electron chi connectivity index (χ1n) is 12.4. The van der Waals surface area contributed by atoms with Crippen LogP contribution in [0, 0.1) is 0 Å². The molecular weight excluding hydrogens is 472 g/mol. The Bertz CT molecular complexity index is 1340. The number of aliphatic hydroxyl groups excluding tert-OH is 1. The topological polar surface area (TPSA) is 98.2 Å². The van der Waals surface area contributed by atoms with E-state index in [1.54, 1.807) is 36.7 Å². The third-order valence-corrected chi connectivity index (χ3v) is 6.37. The largest absolute Gasteiger partial charge is 0.507 e. The number of pyridine rings is 1. The van der Waals surface area contributed by atoms with Crippen molar-refractivity contribution in [2.45, 2.75) is 32.4 Å². The van der Waals surface area contributed by atoms with Crippen molar-refractivity contribution in [1.82, 2.24) is 9.88 Å². The van der Waals surface area contributed by atoms with Gasteiger partial charge in [0.1, 0.15) is 24.7 Å². The summed E-state index contributed by atoms with van der Waals surface area (Å²) in [6, 6.07) is 15.1. The number of fused-ring (bicyclic) bond motifs is 1. The summed E-state index contributed by atoms with van der Waals surface area (Å²) < 4.78 is 17.1. The number of unbranched alkanes of at least 4 members (excludes halogenated alkanes) is 1. The number of carbonyl (C=O) groups excluding carboxylic acids is 2. The van der Waals surface area contributed by atoms with Crippen molar-refractivity contribution in [3.63, 3.8) is 0 Å². The molecule has 1 atom stereocenters. The molecule has 0 unspecified atom stereocenters. The molecule has 1 saturated heterocycles. The fraction of sp³-hybridized carbons (Fsp3) is 0.276. The van der Waals surface area contributed by atoms with Crippen molar-refractivity contribution >= 4 is 17.4 Å². The van der Waals surface area contributed by atoms with E-state index in [9.17, 15) is 14.7 Å². The zero-order valence-electron chi connectivity index (χ0n) is 20.6. The second-order valence-corrected chi connectivity index (χ2v) is 8.92. The molecule has 0 saturated carbocycles. The molecule has 0 aliphatic carbocycles. The van der Waals surface area contributed by atoms with Gasteiger partial charge in [-0.05, 0) is 53.9 Å². The first-order chi connectivity index (χ1) is 18.1. The molecule has 1 aromatic heterocycles. The van der Waals surface area contributed by atoms with Gasteiger partial charge in [-0.1, -0.05) is 31.5 Å². The third kappa shape index (κ3) is 5.00. The van der Waals surface area contributed by atoms with Crippen LogP contribution in [0.15, 0.2) is 72.6 Å². The number of amides is 1. The molecule has 1 amide bonds. The highest BCUT2D eigenvalue weighted by atomic mass is 16.6. The van der Waals surface area contributed by atoms with E-state index in [4.69, 9.17) is 14.2 Å². The fourth-order valence-corrected chi connectivity index (χ4v) is 4.53. The highest BCUT2D eigenvalue weighted by Crippen LogP contribution is 2.42. The monoisotopic (exact) mass is 500 g/mol. The predicted octanol–water partition coefficient (Wildman–Crippen LogP) is 4.65.